The Bertz CT molecular complexity index is 185. The predicted octanol–water partition coefficient (Wildman–Crippen LogP) is -0.835. The Hall–Kier alpha value is -0.610. The molecule has 0 atom stereocenters. The minimum atomic E-state index is -0.719. The quantitative estimate of drug-likeness (QED) is 0.499. The van der Waals surface area contributed by atoms with Crippen LogP contribution < -0.4 is 10.6 Å². The van der Waals surface area contributed by atoms with Crippen molar-refractivity contribution in [3.63, 3.8) is 0 Å². The smallest absolute Gasteiger partial charge is 0.326 e. The molecule has 0 aromatic carbocycles. The Morgan fingerprint density at radius 2 is 2.18 bits per heavy atom. The molecular formula is C7H12N2O2. The summed E-state index contributed by atoms with van der Waals surface area (Å²) < 4.78 is 0. The van der Waals surface area contributed by atoms with Gasteiger partial charge in [0.1, 0.15) is 5.54 Å². The van der Waals surface area contributed by atoms with Crippen LogP contribution >= 0.6 is 0 Å². The molecule has 0 unspecified atom stereocenters. The SMILES string of the molecule is O=C(O)C1(NC2CC2)CNC1. The van der Waals surface area contributed by atoms with Gasteiger partial charge in [0.2, 0.25) is 0 Å². The van der Waals surface area contributed by atoms with Gasteiger partial charge in [0.15, 0.2) is 0 Å². The van der Waals surface area contributed by atoms with Crippen LogP contribution in [0.2, 0.25) is 0 Å². The maximum absolute atomic E-state index is 10.8. The van der Waals surface area contributed by atoms with E-state index in [9.17, 15) is 4.79 Å². The van der Waals surface area contributed by atoms with E-state index in [1.165, 1.54) is 0 Å². The summed E-state index contributed by atoms with van der Waals surface area (Å²) in [4.78, 5) is 10.8. The summed E-state index contributed by atoms with van der Waals surface area (Å²) in [5.41, 5.74) is -0.638. The average Bonchev–Trinajstić information content (AvgIpc) is 2.60. The van der Waals surface area contributed by atoms with Crippen LogP contribution in [0.4, 0.5) is 0 Å². The monoisotopic (exact) mass is 156 g/mol. The van der Waals surface area contributed by atoms with Crippen LogP contribution in [0.25, 0.3) is 0 Å². The van der Waals surface area contributed by atoms with Crippen LogP contribution in [-0.2, 0) is 4.79 Å². The first-order chi connectivity index (χ1) is 5.23. The Balaban J connectivity index is 1.97. The fraction of sp³-hybridized carbons (Fsp3) is 0.857. The highest BCUT2D eigenvalue weighted by Crippen LogP contribution is 2.24. The summed E-state index contributed by atoms with van der Waals surface area (Å²) in [6, 6.07) is 0.466. The number of rotatable bonds is 3. The van der Waals surface area contributed by atoms with E-state index in [1.54, 1.807) is 0 Å². The second-order valence-electron chi connectivity index (χ2n) is 3.41. The number of carboxylic acids is 1. The van der Waals surface area contributed by atoms with Gasteiger partial charge in [0, 0.05) is 19.1 Å². The van der Waals surface area contributed by atoms with Crippen molar-refractivity contribution >= 4 is 5.97 Å². The number of nitrogens with one attached hydrogen (secondary N) is 2. The average molecular weight is 156 g/mol. The first-order valence-corrected chi connectivity index (χ1v) is 3.95. The molecule has 1 heterocycles. The molecule has 2 fully saturated rings. The van der Waals surface area contributed by atoms with Crippen molar-refractivity contribution in [1.29, 1.82) is 0 Å². The van der Waals surface area contributed by atoms with E-state index in [2.05, 4.69) is 10.6 Å². The van der Waals surface area contributed by atoms with Gasteiger partial charge in [-0.3, -0.25) is 10.1 Å². The molecule has 0 radical (unpaired) electrons. The van der Waals surface area contributed by atoms with E-state index < -0.39 is 11.5 Å². The third-order valence-electron chi connectivity index (χ3n) is 2.32. The third-order valence-corrected chi connectivity index (χ3v) is 2.32. The highest BCUT2D eigenvalue weighted by Gasteiger charge is 2.47. The molecular weight excluding hydrogens is 144 g/mol. The van der Waals surface area contributed by atoms with E-state index in [1.807, 2.05) is 0 Å². The molecule has 0 bridgehead atoms. The topological polar surface area (TPSA) is 61.4 Å². The lowest BCUT2D eigenvalue weighted by Crippen LogP contribution is -2.72. The van der Waals surface area contributed by atoms with Crippen molar-refractivity contribution in [1.82, 2.24) is 10.6 Å². The lowest BCUT2D eigenvalue weighted by Gasteiger charge is -2.39. The lowest BCUT2D eigenvalue weighted by atomic mass is 9.92. The Kier molecular flexibility index (Phi) is 1.40. The van der Waals surface area contributed by atoms with Gasteiger partial charge in [0.05, 0.1) is 0 Å². The summed E-state index contributed by atoms with van der Waals surface area (Å²) >= 11 is 0. The molecule has 1 saturated carbocycles. The van der Waals surface area contributed by atoms with Crippen LogP contribution in [0.15, 0.2) is 0 Å². The third kappa shape index (κ3) is 1.12. The minimum absolute atomic E-state index is 0.466. The standard InChI is InChI=1S/C7H12N2O2/c10-6(11)7(3-8-4-7)9-5-1-2-5/h5,8-9H,1-4H2,(H,10,11). The maximum Gasteiger partial charge on any atom is 0.326 e. The van der Waals surface area contributed by atoms with Gasteiger partial charge in [-0.15, -0.1) is 0 Å². The van der Waals surface area contributed by atoms with Gasteiger partial charge in [-0.2, -0.15) is 0 Å². The predicted molar refractivity (Wildman–Crippen MR) is 39.4 cm³/mol. The zero-order valence-corrected chi connectivity index (χ0v) is 6.26. The molecule has 0 aromatic heterocycles. The Morgan fingerprint density at radius 3 is 2.45 bits per heavy atom. The number of aliphatic carboxylic acids is 1. The van der Waals surface area contributed by atoms with Crippen molar-refractivity contribution in [2.75, 3.05) is 13.1 Å². The fourth-order valence-corrected chi connectivity index (χ4v) is 1.31. The molecule has 1 aliphatic carbocycles. The van der Waals surface area contributed by atoms with Crippen molar-refractivity contribution < 1.29 is 9.90 Å². The molecule has 1 saturated heterocycles. The fourth-order valence-electron chi connectivity index (χ4n) is 1.31. The van der Waals surface area contributed by atoms with Crippen molar-refractivity contribution in [2.45, 2.75) is 24.4 Å². The lowest BCUT2D eigenvalue weighted by molar-refractivity contribution is -0.147. The molecule has 2 rings (SSSR count). The summed E-state index contributed by atoms with van der Waals surface area (Å²) in [6.45, 7) is 1.14. The summed E-state index contributed by atoms with van der Waals surface area (Å²) in [7, 11) is 0. The summed E-state index contributed by atoms with van der Waals surface area (Å²) in [5.74, 6) is -0.719. The zero-order chi connectivity index (χ0) is 7.90. The number of hydrogen-bond donors (Lipinski definition) is 3. The normalized spacial score (nSPS) is 27.6. The van der Waals surface area contributed by atoms with Gasteiger partial charge >= 0.3 is 5.97 Å². The second-order valence-corrected chi connectivity index (χ2v) is 3.41. The zero-order valence-electron chi connectivity index (χ0n) is 6.26. The van der Waals surface area contributed by atoms with Gasteiger partial charge in [-0.25, -0.2) is 0 Å². The Morgan fingerprint density at radius 1 is 1.55 bits per heavy atom. The van der Waals surface area contributed by atoms with Crippen LogP contribution in [0, 0.1) is 0 Å². The molecule has 0 aromatic rings. The first-order valence-electron chi connectivity index (χ1n) is 3.95. The molecule has 4 nitrogen and oxygen atoms in total. The van der Waals surface area contributed by atoms with E-state index >= 15 is 0 Å². The Labute approximate surface area is 65.0 Å². The summed E-state index contributed by atoms with van der Waals surface area (Å²) in [5, 5.41) is 15.0. The number of carboxylic acid groups (broad SMARTS) is 1. The highest BCUT2D eigenvalue weighted by atomic mass is 16.4. The van der Waals surface area contributed by atoms with Gasteiger partial charge in [0.25, 0.3) is 0 Å². The molecule has 62 valence electrons. The van der Waals surface area contributed by atoms with Gasteiger partial charge in [-0.1, -0.05) is 0 Å². The number of hydrogen-bond acceptors (Lipinski definition) is 3. The summed E-state index contributed by atoms with van der Waals surface area (Å²) in [6.07, 6.45) is 2.27. The van der Waals surface area contributed by atoms with Gasteiger partial charge in [-0.05, 0) is 12.8 Å². The van der Waals surface area contributed by atoms with E-state index in [4.69, 9.17) is 5.11 Å². The van der Waals surface area contributed by atoms with Crippen molar-refractivity contribution in [3.05, 3.63) is 0 Å². The largest absolute Gasteiger partial charge is 0.480 e. The van der Waals surface area contributed by atoms with Crippen molar-refractivity contribution in [3.8, 4) is 0 Å². The number of carbonyl (C=O) groups is 1. The van der Waals surface area contributed by atoms with Crippen LogP contribution in [0.3, 0.4) is 0 Å². The molecule has 11 heavy (non-hydrogen) atoms. The molecule has 0 spiro atoms. The van der Waals surface area contributed by atoms with Crippen molar-refractivity contribution in [2.24, 2.45) is 0 Å². The van der Waals surface area contributed by atoms with E-state index in [-0.39, 0.29) is 0 Å². The van der Waals surface area contributed by atoms with Crippen LogP contribution in [-0.4, -0.2) is 35.7 Å². The van der Waals surface area contributed by atoms with E-state index in [0.29, 0.717) is 19.1 Å². The second kappa shape index (κ2) is 2.19. The maximum atomic E-state index is 10.8. The molecule has 2 aliphatic rings. The van der Waals surface area contributed by atoms with E-state index in [0.717, 1.165) is 12.8 Å². The molecule has 4 heteroatoms. The first kappa shape index (κ1) is 7.06. The highest BCUT2D eigenvalue weighted by molar-refractivity contribution is 5.81. The van der Waals surface area contributed by atoms with Crippen LogP contribution in [0.1, 0.15) is 12.8 Å². The van der Waals surface area contributed by atoms with Gasteiger partial charge < -0.3 is 10.4 Å². The molecule has 1 aliphatic heterocycles. The molecule has 0 amide bonds. The van der Waals surface area contributed by atoms with Crippen LogP contribution in [0.5, 0.6) is 0 Å². The molecule has 3 N–H and O–H groups in total. The minimum Gasteiger partial charge on any atom is -0.480 e.